The van der Waals surface area contributed by atoms with E-state index in [0.717, 1.165) is 43.9 Å². The fraction of sp³-hybridized carbons (Fsp3) is 0.647. The number of aliphatic hydroxyl groups is 1. The summed E-state index contributed by atoms with van der Waals surface area (Å²) in [6.45, 7) is 8.94. The quantitative estimate of drug-likeness (QED) is 0.892. The van der Waals surface area contributed by atoms with Crippen molar-refractivity contribution in [3.05, 3.63) is 28.8 Å². The van der Waals surface area contributed by atoms with Crippen molar-refractivity contribution in [3.8, 4) is 0 Å². The van der Waals surface area contributed by atoms with Crippen molar-refractivity contribution < 1.29 is 5.11 Å². The Morgan fingerprint density at radius 1 is 1.33 bits per heavy atom. The van der Waals surface area contributed by atoms with E-state index in [1.807, 2.05) is 13.0 Å². The van der Waals surface area contributed by atoms with Crippen molar-refractivity contribution in [2.45, 2.75) is 58.2 Å². The van der Waals surface area contributed by atoms with Crippen LogP contribution in [0.5, 0.6) is 0 Å². The molecule has 1 aromatic rings. The molecule has 0 amide bonds. The molecule has 1 aliphatic rings. The Labute approximate surface area is 133 Å². The average Bonchev–Trinajstić information content (AvgIpc) is 2.57. The highest BCUT2D eigenvalue weighted by Crippen LogP contribution is 2.29. The number of hydrogen-bond donors (Lipinski definition) is 2. The van der Waals surface area contributed by atoms with Gasteiger partial charge in [0.1, 0.15) is 0 Å². The van der Waals surface area contributed by atoms with Crippen molar-refractivity contribution in [1.82, 2.24) is 5.32 Å². The van der Waals surface area contributed by atoms with Crippen LogP contribution >= 0.6 is 11.6 Å². The average molecular weight is 311 g/mol. The van der Waals surface area contributed by atoms with Crippen LogP contribution in [0.15, 0.2) is 18.2 Å². The third-order valence-electron chi connectivity index (χ3n) is 4.15. The largest absolute Gasteiger partial charge is 0.390 e. The van der Waals surface area contributed by atoms with E-state index in [1.54, 1.807) is 0 Å². The third kappa shape index (κ3) is 4.87. The summed E-state index contributed by atoms with van der Waals surface area (Å²) in [7, 11) is 0. The summed E-state index contributed by atoms with van der Waals surface area (Å²) in [5, 5.41) is 14.5. The van der Waals surface area contributed by atoms with E-state index in [4.69, 9.17) is 11.6 Å². The fourth-order valence-corrected chi connectivity index (χ4v) is 3.02. The van der Waals surface area contributed by atoms with Crippen molar-refractivity contribution in [1.29, 1.82) is 0 Å². The van der Waals surface area contributed by atoms with E-state index in [0.29, 0.717) is 6.04 Å². The molecule has 2 rings (SSSR count). The van der Waals surface area contributed by atoms with E-state index in [2.05, 4.69) is 36.2 Å². The Bertz CT molecular complexity index is 474. The molecule has 0 saturated carbocycles. The van der Waals surface area contributed by atoms with Gasteiger partial charge in [0.05, 0.1) is 5.60 Å². The fourth-order valence-electron chi connectivity index (χ4n) is 2.82. The first-order valence-corrected chi connectivity index (χ1v) is 8.24. The van der Waals surface area contributed by atoms with Crippen LogP contribution in [0.2, 0.25) is 5.02 Å². The van der Waals surface area contributed by atoms with Crippen molar-refractivity contribution in [2.24, 2.45) is 0 Å². The van der Waals surface area contributed by atoms with Crippen LogP contribution in [0, 0.1) is 0 Å². The topological polar surface area (TPSA) is 35.5 Å². The van der Waals surface area contributed by atoms with Gasteiger partial charge in [-0.2, -0.15) is 0 Å². The summed E-state index contributed by atoms with van der Waals surface area (Å²) in [5.74, 6) is 0. The summed E-state index contributed by atoms with van der Waals surface area (Å²) in [6.07, 6.45) is 2.70. The molecule has 0 aliphatic carbocycles. The summed E-state index contributed by atoms with van der Waals surface area (Å²) >= 11 is 6.16. The van der Waals surface area contributed by atoms with Gasteiger partial charge in [0.2, 0.25) is 0 Å². The Morgan fingerprint density at radius 3 is 2.81 bits per heavy atom. The SMILES string of the molecule is CC(C)NCc1cc(Cl)ccc1N1CCCC(C)(O)CC1. The Hall–Kier alpha value is -0.770. The molecule has 1 heterocycles. The minimum absolute atomic E-state index is 0.446. The summed E-state index contributed by atoms with van der Waals surface area (Å²) < 4.78 is 0. The highest BCUT2D eigenvalue weighted by Gasteiger charge is 2.25. The number of rotatable bonds is 4. The molecule has 0 aromatic heterocycles. The normalized spacial score (nSPS) is 23.4. The van der Waals surface area contributed by atoms with Gasteiger partial charge in [0.25, 0.3) is 0 Å². The first kappa shape index (κ1) is 16.6. The molecule has 1 saturated heterocycles. The summed E-state index contributed by atoms with van der Waals surface area (Å²) in [6, 6.07) is 6.56. The lowest BCUT2D eigenvalue weighted by Crippen LogP contribution is -2.30. The number of hydrogen-bond acceptors (Lipinski definition) is 3. The molecule has 1 fully saturated rings. The Morgan fingerprint density at radius 2 is 2.10 bits per heavy atom. The van der Waals surface area contributed by atoms with Crippen LogP contribution in [-0.4, -0.2) is 29.8 Å². The molecule has 4 heteroatoms. The maximum absolute atomic E-state index is 10.2. The van der Waals surface area contributed by atoms with Gasteiger partial charge in [-0.1, -0.05) is 25.4 Å². The molecular weight excluding hydrogens is 284 g/mol. The molecule has 118 valence electrons. The third-order valence-corrected chi connectivity index (χ3v) is 4.38. The van der Waals surface area contributed by atoms with E-state index >= 15 is 0 Å². The molecule has 1 aliphatic heterocycles. The second kappa shape index (κ2) is 6.99. The van der Waals surface area contributed by atoms with E-state index in [-0.39, 0.29) is 0 Å². The Kier molecular flexibility index (Phi) is 5.53. The predicted molar refractivity (Wildman–Crippen MR) is 90.1 cm³/mol. The summed E-state index contributed by atoms with van der Waals surface area (Å²) in [5.41, 5.74) is 1.94. The van der Waals surface area contributed by atoms with Crippen LogP contribution in [0.4, 0.5) is 5.69 Å². The number of benzene rings is 1. The molecule has 21 heavy (non-hydrogen) atoms. The lowest BCUT2D eigenvalue weighted by Gasteiger charge is -2.27. The first-order chi connectivity index (χ1) is 9.87. The molecule has 0 spiro atoms. The van der Waals surface area contributed by atoms with E-state index in [1.165, 1.54) is 11.3 Å². The smallest absolute Gasteiger partial charge is 0.0637 e. The van der Waals surface area contributed by atoms with Gasteiger partial charge >= 0.3 is 0 Å². The molecule has 1 unspecified atom stereocenters. The van der Waals surface area contributed by atoms with Crippen LogP contribution < -0.4 is 10.2 Å². The van der Waals surface area contributed by atoms with Gasteiger partial charge in [0.15, 0.2) is 0 Å². The first-order valence-electron chi connectivity index (χ1n) is 7.86. The molecule has 3 nitrogen and oxygen atoms in total. The minimum atomic E-state index is -0.530. The second-order valence-electron chi connectivity index (χ2n) is 6.65. The molecule has 0 radical (unpaired) electrons. The summed E-state index contributed by atoms with van der Waals surface area (Å²) in [4.78, 5) is 2.38. The maximum atomic E-state index is 10.2. The van der Waals surface area contributed by atoms with Gasteiger partial charge in [0, 0.05) is 36.4 Å². The van der Waals surface area contributed by atoms with Crippen LogP contribution in [0.3, 0.4) is 0 Å². The minimum Gasteiger partial charge on any atom is -0.390 e. The lowest BCUT2D eigenvalue weighted by atomic mass is 9.98. The number of nitrogens with one attached hydrogen (secondary N) is 1. The standard InChI is InChI=1S/C17H27ClN2O/c1-13(2)19-12-14-11-15(18)5-6-16(14)20-9-4-7-17(3,21)8-10-20/h5-6,11,13,19,21H,4,7-10,12H2,1-3H3. The zero-order valence-corrected chi connectivity index (χ0v) is 14.1. The number of nitrogens with zero attached hydrogens (tertiary/aromatic N) is 1. The van der Waals surface area contributed by atoms with Gasteiger partial charge in [-0.05, 0) is 49.9 Å². The highest BCUT2D eigenvalue weighted by molar-refractivity contribution is 6.30. The molecule has 2 N–H and O–H groups in total. The zero-order chi connectivity index (χ0) is 15.5. The van der Waals surface area contributed by atoms with Gasteiger partial charge in [-0.25, -0.2) is 0 Å². The van der Waals surface area contributed by atoms with Crippen molar-refractivity contribution in [3.63, 3.8) is 0 Å². The molecule has 1 aromatic carbocycles. The van der Waals surface area contributed by atoms with Crippen LogP contribution in [0.25, 0.3) is 0 Å². The zero-order valence-electron chi connectivity index (χ0n) is 13.3. The number of halogens is 1. The van der Waals surface area contributed by atoms with E-state index < -0.39 is 5.60 Å². The lowest BCUT2D eigenvalue weighted by molar-refractivity contribution is 0.0481. The molecular formula is C17H27ClN2O. The Balaban J connectivity index is 2.17. The maximum Gasteiger partial charge on any atom is 0.0637 e. The van der Waals surface area contributed by atoms with Crippen molar-refractivity contribution >= 4 is 17.3 Å². The van der Waals surface area contributed by atoms with Crippen LogP contribution in [0.1, 0.15) is 45.6 Å². The van der Waals surface area contributed by atoms with Gasteiger partial charge < -0.3 is 15.3 Å². The van der Waals surface area contributed by atoms with Gasteiger partial charge in [-0.3, -0.25) is 0 Å². The van der Waals surface area contributed by atoms with E-state index in [9.17, 15) is 5.11 Å². The molecule has 0 bridgehead atoms. The van der Waals surface area contributed by atoms with Crippen LogP contribution in [-0.2, 0) is 6.54 Å². The van der Waals surface area contributed by atoms with Crippen molar-refractivity contribution in [2.75, 3.05) is 18.0 Å². The number of anilines is 1. The predicted octanol–water partition coefficient (Wildman–Crippen LogP) is 3.58. The van der Waals surface area contributed by atoms with Gasteiger partial charge in [-0.15, -0.1) is 0 Å². The second-order valence-corrected chi connectivity index (χ2v) is 7.08. The molecule has 1 atom stereocenters. The monoisotopic (exact) mass is 310 g/mol. The highest BCUT2D eigenvalue weighted by atomic mass is 35.5.